The Morgan fingerprint density at radius 3 is 1.83 bits per heavy atom. The lowest BCUT2D eigenvalue weighted by Gasteiger charge is -2.18. The van der Waals surface area contributed by atoms with Crippen molar-refractivity contribution >= 4 is 11.9 Å². The van der Waals surface area contributed by atoms with Gasteiger partial charge in [0.2, 0.25) is 0 Å². The molecule has 42 heavy (non-hydrogen) atoms. The van der Waals surface area contributed by atoms with E-state index < -0.39 is 58.3 Å². The molecule has 0 heterocycles. The largest absolute Gasteiger partial charge is 0.507 e. The molecule has 4 aromatic carbocycles. The third kappa shape index (κ3) is 7.09. The van der Waals surface area contributed by atoms with Gasteiger partial charge < -0.3 is 15.2 Å². The summed E-state index contributed by atoms with van der Waals surface area (Å²) < 4.78 is 84.9. The number of aromatic hydroxyl groups is 1. The third-order valence-corrected chi connectivity index (χ3v) is 6.45. The van der Waals surface area contributed by atoms with Crippen molar-refractivity contribution in [1.82, 2.24) is 5.32 Å². The quantitative estimate of drug-likeness (QED) is 0.176. The average molecular weight is 588 g/mol. The molecule has 1 amide bonds. The van der Waals surface area contributed by atoms with Crippen LogP contribution in [0.4, 0.5) is 26.3 Å². The molecule has 0 aliphatic rings. The fourth-order valence-electron chi connectivity index (χ4n) is 4.29. The Balaban J connectivity index is 1.61. The molecule has 11 heteroatoms. The number of amides is 1. The van der Waals surface area contributed by atoms with E-state index in [0.29, 0.717) is 17.7 Å². The first-order chi connectivity index (χ1) is 19.8. The molecule has 5 nitrogen and oxygen atoms in total. The number of nitrogens with one attached hydrogen (secondary N) is 1. The van der Waals surface area contributed by atoms with Crippen molar-refractivity contribution in [3.8, 4) is 28.0 Å². The number of phenolic OH excluding ortho intramolecular Hbond substituents is 1. The minimum atomic E-state index is -5.07. The van der Waals surface area contributed by atoms with Crippen LogP contribution in [0.15, 0.2) is 91.0 Å². The molecule has 0 unspecified atom stereocenters. The summed E-state index contributed by atoms with van der Waals surface area (Å²) in [5, 5.41) is 12.8. The lowest BCUT2D eigenvalue weighted by Crippen LogP contribution is -2.43. The van der Waals surface area contributed by atoms with Gasteiger partial charge in [-0.05, 0) is 58.1 Å². The lowest BCUT2D eigenvalue weighted by atomic mass is 9.97. The van der Waals surface area contributed by atoms with Crippen LogP contribution in [0, 0.1) is 0 Å². The Hall–Kier alpha value is -4.80. The number of rotatable bonds is 7. The van der Waals surface area contributed by atoms with Gasteiger partial charge in [-0.15, -0.1) is 0 Å². The standard InChI is InChI=1S/C31H23F6NO4/c1-42-29(41)26(13-18-7-9-20(10-8-18)19-5-3-2-4-6-19)38-28(40)25-16-21(11-12-27(25)39)22-14-23(30(32,33)34)17-24(15-22)31(35,36)37/h2-12,14-17,26,39H,13H2,1H3,(H,38,40)/t26-/m0/s1. The van der Waals surface area contributed by atoms with E-state index in [9.17, 15) is 41.0 Å². The number of ether oxygens (including phenoxy) is 1. The van der Waals surface area contributed by atoms with Crippen LogP contribution in [0.2, 0.25) is 0 Å². The normalized spacial score (nSPS) is 12.5. The number of hydrogen-bond acceptors (Lipinski definition) is 4. The molecule has 0 fully saturated rings. The van der Waals surface area contributed by atoms with E-state index in [4.69, 9.17) is 4.74 Å². The fourth-order valence-corrected chi connectivity index (χ4v) is 4.29. The number of halogens is 6. The van der Waals surface area contributed by atoms with Gasteiger partial charge in [0.25, 0.3) is 5.91 Å². The maximum Gasteiger partial charge on any atom is 0.416 e. The molecule has 0 aromatic heterocycles. The second-order valence-corrected chi connectivity index (χ2v) is 9.34. The van der Waals surface area contributed by atoms with Gasteiger partial charge in [0.1, 0.15) is 11.8 Å². The average Bonchev–Trinajstić information content (AvgIpc) is 2.96. The molecular formula is C31H23F6NO4. The second kappa shape index (κ2) is 12.0. The molecule has 0 saturated heterocycles. The number of carbonyl (C=O) groups excluding carboxylic acids is 2. The Kier molecular flexibility index (Phi) is 8.60. The number of hydrogen-bond donors (Lipinski definition) is 2. The first-order valence-electron chi connectivity index (χ1n) is 12.4. The van der Waals surface area contributed by atoms with Gasteiger partial charge in [-0.3, -0.25) is 4.79 Å². The zero-order valence-electron chi connectivity index (χ0n) is 21.9. The van der Waals surface area contributed by atoms with E-state index in [2.05, 4.69) is 5.32 Å². The molecule has 2 N–H and O–H groups in total. The Labute approximate surface area is 236 Å². The summed E-state index contributed by atoms with van der Waals surface area (Å²) in [7, 11) is 1.12. The number of phenols is 1. The molecule has 0 aliphatic carbocycles. The first kappa shape index (κ1) is 30.2. The van der Waals surface area contributed by atoms with E-state index >= 15 is 0 Å². The summed E-state index contributed by atoms with van der Waals surface area (Å²) in [6.07, 6.45) is -10.1. The van der Waals surface area contributed by atoms with E-state index in [1.807, 2.05) is 42.5 Å². The van der Waals surface area contributed by atoms with Crippen LogP contribution in [0.25, 0.3) is 22.3 Å². The molecule has 0 bridgehead atoms. The number of alkyl halides is 6. The predicted octanol–water partition coefficient (Wildman–Crippen LogP) is 7.28. The lowest BCUT2D eigenvalue weighted by molar-refractivity contribution is -0.144. The van der Waals surface area contributed by atoms with Crippen LogP contribution in [0.5, 0.6) is 5.75 Å². The zero-order valence-corrected chi connectivity index (χ0v) is 21.9. The molecule has 0 aliphatic heterocycles. The van der Waals surface area contributed by atoms with Gasteiger partial charge >= 0.3 is 18.3 Å². The third-order valence-electron chi connectivity index (χ3n) is 6.45. The maximum atomic E-state index is 13.3. The molecule has 0 saturated carbocycles. The highest BCUT2D eigenvalue weighted by molar-refractivity contribution is 6.00. The van der Waals surface area contributed by atoms with E-state index in [-0.39, 0.29) is 18.1 Å². The van der Waals surface area contributed by atoms with E-state index in [1.165, 1.54) is 0 Å². The zero-order chi connectivity index (χ0) is 30.7. The monoisotopic (exact) mass is 587 g/mol. The second-order valence-electron chi connectivity index (χ2n) is 9.34. The SMILES string of the molecule is COC(=O)[C@H](Cc1ccc(-c2ccccc2)cc1)NC(=O)c1cc(-c2cc(C(F)(F)F)cc(C(F)(F)F)c2)ccc1O. The Morgan fingerprint density at radius 1 is 0.738 bits per heavy atom. The molecular weight excluding hydrogens is 564 g/mol. The number of benzene rings is 4. The van der Waals surface area contributed by atoms with Crippen molar-refractivity contribution in [2.24, 2.45) is 0 Å². The molecule has 1 atom stereocenters. The van der Waals surface area contributed by atoms with Crippen LogP contribution in [0.1, 0.15) is 27.0 Å². The maximum absolute atomic E-state index is 13.3. The van der Waals surface area contributed by atoms with E-state index in [1.54, 1.807) is 12.1 Å². The molecule has 0 spiro atoms. The summed E-state index contributed by atoms with van der Waals surface area (Å²) in [6.45, 7) is 0. The van der Waals surface area contributed by atoms with Crippen molar-refractivity contribution in [3.05, 3.63) is 113 Å². The molecule has 0 radical (unpaired) electrons. The minimum absolute atomic E-state index is 0.00347. The van der Waals surface area contributed by atoms with Gasteiger partial charge in [-0.2, -0.15) is 26.3 Å². The van der Waals surface area contributed by atoms with Crippen LogP contribution >= 0.6 is 0 Å². The number of methoxy groups -OCH3 is 1. The van der Waals surface area contributed by atoms with Crippen molar-refractivity contribution in [2.45, 2.75) is 24.8 Å². The van der Waals surface area contributed by atoms with Gasteiger partial charge in [0.05, 0.1) is 23.8 Å². The Bertz CT molecular complexity index is 1550. The van der Waals surface area contributed by atoms with Crippen molar-refractivity contribution in [3.63, 3.8) is 0 Å². The van der Waals surface area contributed by atoms with Crippen molar-refractivity contribution in [1.29, 1.82) is 0 Å². The highest BCUT2D eigenvalue weighted by Gasteiger charge is 2.37. The highest BCUT2D eigenvalue weighted by Crippen LogP contribution is 2.39. The topological polar surface area (TPSA) is 75.6 Å². The first-order valence-corrected chi connectivity index (χ1v) is 12.4. The summed E-state index contributed by atoms with van der Waals surface area (Å²) >= 11 is 0. The smallest absolute Gasteiger partial charge is 0.416 e. The predicted molar refractivity (Wildman–Crippen MR) is 142 cm³/mol. The number of esters is 1. The van der Waals surface area contributed by atoms with Gasteiger partial charge in [0, 0.05) is 6.42 Å². The van der Waals surface area contributed by atoms with E-state index in [0.717, 1.165) is 36.4 Å². The van der Waals surface area contributed by atoms with Crippen LogP contribution in [-0.4, -0.2) is 30.1 Å². The minimum Gasteiger partial charge on any atom is -0.507 e. The van der Waals surface area contributed by atoms with Crippen molar-refractivity contribution < 1.29 is 45.8 Å². The van der Waals surface area contributed by atoms with Crippen molar-refractivity contribution in [2.75, 3.05) is 7.11 Å². The van der Waals surface area contributed by atoms with Gasteiger partial charge in [-0.25, -0.2) is 4.79 Å². The molecule has 218 valence electrons. The van der Waals surface area contributed by atoms with Crippen LogP contribution in [-0.2, 0) is 28.3 Å². The fraction of sp³-hybridized carbons (Fsp3) is 0.161. The number of carbonyl (C=O) groups is 2. The summed E-state index contributed by atoms with van der Waals surface area (Å²) in [5.74, 6) is -2.40. The van der Waals surface area contributed by atoms with Gasteiger partial charge in [0.15, 0.2) is 0 Å². The summed E-state index contributed by atoms with van der Waals surface area (Å²) in [6, 6.07) is 19.5. The molecule has 4 aromatic rings. The summed E-state index contributed by atoms with van der Waals surface area (Å²) in [5.41, 5.74) is -1.65. The molecule has 4 rings (SSSR count). The van der Waals surface area contributed by atoms with Gasteiger partial charge in [-0.1, -0.05) is 60.7 Å². The Morgan fingerprint density at radius 2 is 1.29 bits per heavy atom. The van der Waals surface area contributed by atoms with Crippen LogP contribution in [0.3, 0.4) is 0 Å². The van der Waals surface area contributed by atoms with Crippen LogP contribution < -0.4 is 5.32 Å². The summed E-state index contributed by atoms with van der Waals surface area (Å²) in [4.78, 5) is 25.6. The highest BCUT2D eigenvalue weighted by atomic mass is 19.4.